The van der Waals surface area contributed by atoms with Gasteiger partial charge in [0, 0.05) is 30.9 Å². The van der Waals surface area contributed by atoms with E-state index in [0.29, 0.717) is 12.2 Å². The summed E-state index contributed by atoms with van der Waals surface area (Å²) in [5.41, 5.74) is -0.512. The lowest BCUT2D eigenvalue weighted by Crippen LogP contribution is -2.20. The topological polar surface area (TPSA) is 102 Å². The summed E-state index contributed by atoms with van der Waals surface area (Å²) >= 11 is 0. The van der Waals surface area contributed by atoms with Gasteiger partial charge in [0.1, 0.15) is 0 Å². The standard InChI is InChI=1S/C10H14N4O4/c1-12(2)6-5-11-8-3-4-9(13(15)16)10(7-8)14(17)18/h3-4,7,11H,5-6H2,1-2H3. The highest BCUT2D eigenvalue weighted by atomic mass is 16.6. The molecule has 0 radical (unpaired) electrons. The van der Waals surface area contributed by atoms with E-state index in [2.05, 4.69) is 5.32 Å². The minimum Gasteiger partial charge on any atom is -0.384 e. The lowest BCUT2D eigenvalue weighted by atomic mass is 10.2. The minimum atomic E-state index is -0.762. The van der Waals surface area contributed by atoms with Gasteiger partial charge in [0.25, 0.3) is 0 Å². The van der Waals surface area contributed by atoms with Gasteiger partial charge in [-0.1, -0.05) is 0 Å². The van der Waals surface area contributed by atoms with Crippen molar-refractivity contribution in [3.63, 3.8) is 0 Å². The lowest BCUT2D eigenvalue weighted by molar-refractivity contribution is -0.422. The Balaban J connectivity index is 2.87. The smallest absolute Gasteiger partial charge is 0.348 e. The number of nitro groups is 2. The lowest BCUT2D eigenvalue weighted by Gasteiger charge is -2.11. The Hall–Kier alpha value is -2.22. The fourth-order valence-electron chi connectivity index (χ4n) is 1.36. The summed E-state index contributed by atoms with van der Waals surface area (Å²) in [6, 6.07) is 3.77. The van der Waals surface area contributed by atoms with Crippen LogP contribution in [0.3, 0.4) is 0 Å². The summed E-state index contributed by atoms with van der Waals surface area (Å²) in [7, 11) is 3.81. The first-order valence-corrected chi connectivity index (χ1v) is 5.23. The summed E-state index contributed by atoms with van der Waals surface area (Å²) < 4.78 is 0. The molecule has 1 N–H and O–H groups in total. The summed E-state index contributed by atoms with van der Waals surface area (Å²) in [6.07, 6.45) is 0. The van der Waals surface area contributed by atoms with Crippen LogP contribution in [0.1, 0.15) is 0 Å². The predicted molar refractivity (Wildman–Crippen MR) is 66.8 cm³/mol. The average molecular weight is 254 g/mol. The molecule has 0 amide bonds. The van der Waals surface area contributed by atoms with Crippen LogP contribution in [0.15, 0.2) is 18.2 Å². The van der Waals surface area contributed by atoms with Gasteiger partial charge >= 0.3 is 11.4 Å². The van der Waals surface area contributed by atoms with Crippen molar-refractivity contribution in [2.75, 3.05) is 32.5 Å². The predicted octanol–water partition coefficient (Wildman–Crippen LogP) is 1.48. The number of anilines is 1. The van der Waals surface area contributed by atoms with Crippen LogP contribution in [0.4, 0.5) is 17.1 Å². The molecule has 1 rings (SSSR count). The second-order valence-electron chi connectivity index (χ2n) is 3.95. The molecule has 1 aromatic carbocycles. The van der Waals surface area contributed by atoms with E-state index in [1.54, 1.807) is 0 Å². The molecular weight excluding hydrogens is 240 g/mol. The molecule has 18 heavy (non-hydrogen) atoms. The van der Waals surface area contributed by atoms with Gasteiger partial charge in [-0.2, -0.15) is 0 Å². The van der Waals surface area contributed by atoms with E-state index in [1.807, 2.05) is 19.0 Å². The minimum absolute atomic E-state index is 0.495. The normalized spacial score (nSPS) is 10.4. The van der Waals surface area contributed by atoms with Crippen LogP contribution in [0.2, 0.25) is 0 Å². The van der Waals surface area contributed by atoms with Crippen molar-refractivity contribution in [3.05, 3.63) is 38.4 Å². The maximum atomic E-state index is 10.7. The zero-order valence-electron chi connectivity index (χ0n) is 10.1. The Morgan fingerprint density at radius 3 is 2.28 bits per heavy atom. The highest BCUT2D eigenvalue weighted by Gasteiger charge is 2.23. The zero-order valence-corrected chi connectivity index (χ0v) is 10.1. The van der Waals surface area contributed by atoms with Gasteiger partial charge in [0.15, 0.2) is 0 Å². The summed E-state index contributed by atoms with van der Waals surface area (Å²) in [6.45, 7) is 1.35. The number of likely N-dealkylation sites (N-methyl/N-ethyl adjacent to an activating group) is 1. The molecule has 0 unspecified atom stereocenters. The third-order valence-corrected chi connectivity index (χ3v) is 2.26. The number of rotatable bonds is 6. The first-order valence-electron chi connectivity index (χ1n) is 5.23. The summed E-state index contributed by atoms with van der Waals surface area (Å²) in [4.78, 5) is 21.8. The second-order valence-corrected chi connectivity index (χ2v) is 3.95. The molecule has 8 heteroatoms. The van der Waals surface area contributed by atoms with Crippen LogP contribution in [0.25, 0.3) is 0 Å². The Labute approximate surface area is 104 Å². The highest BCUT2D eigenvalue weighted by Crippen LogP contribution is 2.29. The van der Waals surface area contributed by atoms with Crippen LogP contribution in [0, 0.1) is 20.2 Å². The Morgan fingerprint density at radius 1 is 1.17 bits per heavy atom. The van der Waals surface area contributed by atoms with Gasteiger partial charge in [-0.25, -0.2) is 0 Å². The van der Waals surface area contributed by atoms with Gasteiger partial charge in [-0.15, -0.1) is 0 Å². The SMILES string of the molecule is CN(C)CCNc1ccc([N+](=O)[O-])c([N+](=O)[O-])c1. The summed E-state index contributed by atoms with van der Waals surface area (Å²) in [5, 5.41) is 24.3. The van der Waals surface area contributed by atoms with E-state index in [0.717, 1.165) is 12.6 Å². The molecule has 0 heterocycles. The van der Waals surface area contributed by atoms with E-state index in [9.17, 15) is 20.2 Å². The molecule has 0 spiro atoms. The highest BCUT2D eigenvalue weighted by molar-refractivity contribution is 5.61. The van der Waals surface area contributed by atoms with Crippen molar-refractivity contribution in [2.45, 2.75) is 0 Å². The van der Waals surface area contributed by atoms with Crippen molar-refractivity contribution in [3.8, 4) is 0 Å². The fraction of sp³-hybridized carbons (Fsp3) is 0.400. The third-order valence-electron chi connectivity index (χ3n) is 2.26. The van der Waals surface area contributed by atoms with Crippen LogP contribution in [0.5, 0.6) is 0 Å². The molecule has 0 bridgehead atoms. The van der Waals surface area contributed by atoms with Crippen molar-refractivity contribution in [1.82, 2.24) is 4.90 Å². The number of hydrogen-bond donors (Lipinski definition) is 1. The number of nitro benzene ring substituents is 2. The number of nitrogens with one attached hydrogen (secondary N) is 1. The van der Waals surface area contributed by atoms with Gasteiger partial charge < -0.3 is 10.2 Å². The van der Waals surface area contributed by atoms with Crippen molar-refractivity contribution < 1.29 is 9.85 Å². The maximum Gasteiger partial charge on any atom is 0.348 e. The monoisotopic (exact) mass is 254 g/mol. The molecule has 8 nitrogen and oxygen atoms in total. The first-order chi connectivity index (χ1) is 8.41. The number of benzene rings is 1. The summed E-state index contributed by atoms with van der Waals surface area (Å²) in [5.74, 6) is 0. The Morgan fingerprint density at radius 2 is 1.78 bits per heavy atom. The molecule has 1 aromatic rings. The molecule has 0 aliphatic heterocycles. The quantitative estimate of drug-likeness (QED) is 0.609. The van der Waals surface area contributed by atoms with E-state index in [1.165, 1.54) is 12.1 Å². The van der Waals surface area contributed by atoms with Gasteiger partial charge in [-0.3, -0.25) is 20.2 Å². The maximum absolute atomic E-state index is 10.7. The van der Waals surface area contributed by atoms with Crippen molar-refractivity contribution in [2.24, 2.45) is 0 Å². The molecule has 0 aliphatic carbocycles. The van der Waals surface area contributed by atoms with Crippen LogP contribution < -0.4 is 5.32 Å². The number of hydrogen-bond acceptors (Lipinski definition) is 6. The van der Waals surface area contributed by atoms with Gasteiger partial charge in [0.05, 0.1) is 9.85 Å². The molecule has 0 aliphatic rings. The number of nitrogens with zero attached hydrogens (tertiary/aromatic N) is 3. The Bertz CT molecular complexity index is 461. The molecule has 0 saturated carbocycles. The second kappa shape index (κ2) is 5.92. The van der Waals surface area contributed by atoms with E-state index >= 15 is 0 Å². The molecule has 0 aromatic heterocycles. The van der Waals surface area contributed by atoms with Gasteiger partial charge in [0.2, 0.25) is 0 Å². The molecule has 0 saturated heterocycles. The van der Waals surface area contributed by atoms with Crippen LogP contribution in [-0.4, -0.2) is 41.9 Å². The molecule has 0 fully saturated rings. The van der Waals surface area contributed by atoms with Crippen molar-refractivity contribution in [1.29, 1.82) is 0 Å². The average Bonchev–Trinajstić information content (AvgIpc) is 2.28. The van der Waals surface area contributed by atoms with E-state index in [-0.39, 0.29) is 0 Å². The van der Waals surface area contributed by atoms with E-state index < -0.39 is 21.2 Å². The fourth-order valence-corrected chi connectivity index (χ4v) is 1.36. The zero-order chi connectivity index (χ0) is 13.7. The molecular formula is C10H14N4O4. The molecule has 0 atom stereocenters. The molecule has 98 valence electrons. The Kier molecular flexibility index (Phi) is 4.55. The van der Waals surface area contributed by atoms with E-state index in [4.69, 9.17) is 0 Å². The van der Waals surface area contributed by atoms with Crippen molar-refractivity contribution >= 4 is 17.1 Å². The first kappa shape index (κ1) is 13.8. The van der Waals surface area contributed by atoms with Gasteiger partial charge in [-0.05, 0) is 20.2 Å². The largest absolute Gasteiger partial charge is 0.384 e. The third kappa shape index (κ3) is 3.67. The van der Waals surface area contributed by atoms with Crippen LogP contribution in [-0.2, 0) is 0 Å². The van der Waals surface area contributed by atoms with Crippen LogP contribution >= 0.6 is 0 Å².